The molecule has 3 unspecified atom stereocenters. The number of hydrogen-bond donors (Lipinski definition) is 2. The molecule has 2 fully saturated rings. The smallest absolute Gasteiger partial charge is 0.354 e. The summed E-state index contributed by atoms with van der Waals surface area (Å²) in [5.41, 5.74) is 0.888. The van der Waals surface area contributed by atoms with Crippen LogP contribution in [0.3, 0.4) is 0 Å². The van der Waals surface area contributed by atoms with Gasteiger partial charge < -0.3 is 10.6 Å². The molecule has 1 aliphatic heterocycles. The van der Waals surface area contributed by atoms with Crippen LogP contribution < -0.4 is 10.6 Å². The number of carbonyl (C=O) groups excluding carboxylic acids is 1. The summed E-state index contributed by atoms with van der Waals surface area (Å²) in [4.78, 5) is 13.6. The van der Waals surface area contributed by atoms with E-state index in [1.165, 1.54) is 4.90 Å². The van der Waals surface area contributed by atoms with E-state index in [0.29, 0.717) is 37.6 Å². The van der Waals surface area contributed by atoms with Gasteiger partial charge in [-0.15, -0.1) is 0 Å². The van der Waals surface area contributed by atoms with Gasteiger partial charge in [0.25, 0.3) is 0 Å². The quantitative estimate of drug-likeness (QED) is 0.830. The number of piperazine rings is 1. The van der Waals surface area contributed by atoms with Gasteiger partial charge in [0.05, 0.1) is 0 Å². The fourth-order valence-corrected chi connectivity index (χ4v) is 3.65. The third kappa shape index (κ3) is 4.46. The maximum Gasteiger partial charge on any atom is 0.405 e. The first-order chi connectivity index (χ1) is 11.9. The molecule has 1 heterocycles. The van der Waals surface area contributed by atoms with E-state index in [1.807, 2.05) is 18.2 Å². The van der Waals surface area contributed by atoms with Gasteiger partial charge in [-0.25, -0.2) is 0 Å². The molecule has 3 rings (SSSR count). The van der Waals surface area contributed by atoms with Crippen molar-refractivity contribution in [2.45, 2.75) is 24.6 Å². The molecule has 25 heavy (non-hydrogen) atoms. The number of nitrogens with one attached hydrogen (secondary N) is 2. The Kier molecular flexibility index (Phi) is 5.55. The lowest BCUT2D eigenvalue weighted by atomic mass is 10.1. The predicted molar refractivity (Wildman–Crippen MR) is 89.6 cm³/mol. The van der Waals surface area contributed by atoms with Crippen LogP contribution in [0.25, 0.3) is 0 Å². The molecular weight excluding hydrogens is 355 g/mol. The Labute approximate surface area is 149 Å². The van der Waals surface area contributed by atoms with Crippen LogP contribution in [-0.4, -0.2) is 55.7 Å². The normalized spacial score (nSPS) is 25.4. The van der Waals surface area contributed by atoms with Gasteiger partial charge in [-0.1, -0.05) is 29.8 Å². The van der Waals surface area contributed by atoms with Crippen LogP contribution in [-0.2, 0) is 4.79 Å². The minimum Gasteiger partial charge on any atom is -0.354 e. The van der Waals surface area contributed by atoms with Gasteiger partial charge in [0, 0.05) is 43.7 Å². The SMILES string of the molecule is O=C(NCC(N1CCNCC1)C(F)(F)F)C1CC1c1ccccc1Cl. The Morgan fingerprint density at radius 3 is 2.64 bits per heavy atom. The van der Waals surface area contributed by atoms with Crippen molar-refractivity contribution in [1.82, 2.24) is 15.5 Å². The summed E-state index contributed by atoms with van der Waals surface area (Å²) in [7, 11) is 0. The summed E-state index contributed by atoms with van der Waals surface area (Å²) in [5.74, 6) is -0.622. The lowest BCUT2D eigenvalue weighted by Gasteiger charge is -2.35. The van der Waals surface area contributed by atoms with Crippen LogP contribution >= 0.6 is 11.6 Å². The van der Waals surface area contributed by atoms with Crippen LogP contribution in [0.1, 0.15) is 17.9 Å². The number of nitrogens with zero attached hydrogens (tertiary/aromatic N) is 1. The highest BCUT2D eigenvalue weighted by molar-refractivity contribution is 6.31. The van der Waals surface area contributed by atoms with Gasteiger partial charge in [-0.2, -0.15) is 13.2 Å². The summed E-state index contributed by atoms with van der Waals surface area (Å²) >= 11 is 6.13. The van der Waals surface area contributed by atoms with Gasteiger partial charge in [-0.05, 0) is 24.0 Å². The monoisotopic (exact) mass is 375 g/mol. The molecule has 0 aromatic heterocycles. The molecule has 2 aliphatic rings. The molecule has 1 saturated carbocycles. The van der Waals surface area contributed by atoms with Crippen LogP contribution in [0.15, 0.2) is 24.3 Å². The van der Waals surface area contributed by atoms with Crippen molar-refractivity contribution in [2.75, 3.05) is 32.7 Å². The van der Waals surface area contributed by atoms with Crippen molar-refractivity contribution < 1.29 is 18.0 Å². The second-order valence-electron chi connectivity index (χ2n) is 6.56. The second kappa shape index (κ2) is 7.51. The zero-order valence-corrected chi connectivity index (χ0v) is 14.4. The highest BCUT2D eigenvalue weighted by Gasteiger charge is 2.47. The number of benzene rings is 1. The van der Waals surface area contributed by atoms with E-state index in [-0.39, 0.29) is 17.7 Å². The van der Waals surface area contributed by atoms with Crippen LogP contribution in [0, 0.1) is 5.92 Å². The van der Waals surface area contributed by atoms with E-state index in [4.69, 9.17) is 11.6 Å². The van der Waals surface area contributed by atoms with Crippen molar-refractivity contribution in [3.05, 3.63) is 34.9 Å². The van der Waals surface area contributed by atoms with E-state index in [2.05, 4.69) is 10.6 Å². The first-order valence-corrected chi connectivity index (χ1v) is 8.79. The Morgan fingerprint density at radius 1 is 1.32 bits per heavy atom. The number of rotatable bonds is 5. The number of carbonyl (C=O) groups is 1. The third-order valence-corrected chi connectivity index (χ3v) is 5.22. The number of amides is 1. The molecule has 0 spiro atoms. The highest BCUT2D eigenvalue weighted by atomic mass is 35.5. The van der Waals surface area contributed by atoms with Crippen molar-refractivity contribution in [2.24, 2.45) is 5.92 Å². The van der Waals surface area contributed by atoms with Gasteiger partial charge in [-0.3, -0.25) is 9.69 Å². The van der Waals surface area contributed by atoms with Crippen molar-refractivity contribution in [1.29, 1.82) is 0 Å². The van der Waals surface area contributed by atoms with E-state index < -0.39 is 18.8 Å². The van der Waals surface area contributed by atoms with Gasteiger partial charge in [0.2, 0.25) is 5.91 Å². The maximum atomic E-state index is 13.3. The highest BCUT2D eigenvalue weighted by Crippen LogP contribution is 2.49. The average molecular weight is 376 g/mol. The summed E-state index contributed by atoms with van der Waals surface area (Å²) in [6, 6.07) is 5.63. The Hall–Kier alpha value is -1.31. The van der Waals surface area contributed by atoms with Crippen molar-refractivity contribution in [3.8, 4) is 0 Å². The zero-order valence-electron chi connectivity index (χ0n) is 13.7. The molecular formula is C17H21ClF3N3O. The first kappa shape index (κ1) is 18.5. The van der Waals surface area contributed by atoms with Crippen LogP contribution in [0.5, 0.6) is 0 Å². The molecule has 2 N–H and O–H groups in total. The van der Waals surface area contributed by atoms with Crippen molar-refractivity contribution in [3.63, 3.8) is 0 Å². The van der Waals surface area contributed by atoms with E-state index in [0.717, 1.165) is 5.56 Å². The molecule has 1 aromatic rings. The predicted octanol–water partition coefficient (Wildman–Crippen LogP) is 2.40. The van der Waals surface area contributed by atoms with Gasteiger partial charge in [0.1, 0.15) is 6.04 Å². The molecule has 0 radical (unpaired) electrons. The van der Waals surface area contributed by atoms with E-state index >= 15 is 0 Å². The molecule has 1 aromatic carbocycles. The maximum absolute atomic E-state index is 13.3. The van der Waals surface area contributed by atoms with Crippen LogP contribution in [0.4, 0.5) is 13.2 Å². The Bertz CT molecular complexity index is 619. The molecule has 1 aliphatic carbocycles. The van der Waals surface area contributed by atoms with Crippen molar-refractivity contribution >= 4 is 17.5 Å². The largest absolute Gasteiger partial charge is 0.405 e. The average Bonchev–Trinajstić information content (AvgIpc) is 3.35. The fraction of sp³-hybridized carbons (Fsp3) is 0.588. The summed E-state index contributed by atoms with van der Waals surface area (Å²) in [5, 5.41) is 6.13. The second-order valence-corrected chi connectivity index (χ2v) is 6.97. The molecule has 8 heteroatoms. The van der Waals surface area contributed by atoms with Gasteiger partial charge >= 0.3 is 6.18 Å². The summed E-state index contributed by atoms with van der Waals surface area (Å²) in [6.07, 6.45) is -3.74. The minimum atomic E-state index is -4.36. The van der Waals surface area contributed by atoms with E-state index in [1.54, 1.807) is 6.07 Å². The third-order valence-electron chi connectivity index (χ3n) is 4.87. The molecule has 0 bridgehead atoms. The Balaban J connectivity index is 1.56. The Morgan fingerprint density at radius 2 is 2.00 bits per heavy atom. The summed E-state index contributed by atoms with van der Waals surface area (Å²) in [6.45, 7) is 1.29. The zero-order chi connectivity index (χ0) is 18.0. The lowest BCUT2D eigenvalue weighted by molar-refractivity contribution is -0.184. The molecule has 1 saturated heterocycles. The number of halogens is 4. The minimum absolute atomic E-state index is 0.00257. The van der Waals surface area contributed by atoms with Gasteiger partial charge in [0.15, 0.2) is 0 Å². The topological polar surface area (TPSA) is 44.4 Å². The molecule has 3 atom stereocenters. The molecule has 138 valence electrons. The first-order valence-electron chi connectivity index (χ1n) is 8.41. The number of hydrogen-bond acceptors (Lipinski definition) is 3. The van der Waals surface area contributed by atoms with Crippen LogP contribution in [0.2, 0.25) is 5.02 Å². The standard InChI is InChI=1S/C17H21ClF3N3O/c18-14-4-2-1-3-11(14)12-9-13(12)16(25)23-10-15(17(19,20)21)24-7-5-22-6-8-24/h1-4,12-13,15,22H,5-10H2,(H,23,25). The van der Waals surface area contributed by atoms with E-state index in [9.17, 15) is 18.0 Å². The fourth-order valence-electron chi connectivity index (χ4n) is 3.38. The summed E-state index contributed by atoms with van der Waals surface area (Å²) < 4.78 is 40.0. The molecule has 4 nitrogen and oxygen atoms in total. The molecule has 1 amide bonds. The lowest BCUT2D eigenvalue weighted by Crippen LogP contribution is -2.57. The number of alkyl halides is 3.